The van der Waals surface area contributed by atoms with Crippen LogP contribution in [0, 0.1) is 0 Å². The van der Waals surface area contributed by atoms with Crippen LogP contribution in [0.3, 0.4) is 0 Å². The van der Waals surface area contributed by atoms with Gasteiger partial charge in [-0.05, 0) is 143 Å². The molecule has 0 N–H and O–H groups in total. The highest BCUT2D eigenvalue weighted by Gasteiger charge is 2.21. The molecule has 1 nitrogen and oxygen atoms in total. The van der Waals surface area contributed by atoms with Gasteiger partial charge in [0.25, 0.3) is 0 Å². The third-order valence-corrected chi connectivity index (χ3v) is 14.6. The van der Waals surface area contributed by atoms with Crippen LogP contribution in [0.4, 0.5) is 17.1 Å². The Morgan fingerprint density at radius 1 is 0.258 bits per heavy atom. The van der Waals surface area contributed by atoms with E-state index in [4.69, 9.17) is 0 Å². The second kappa shape index (κ2) is 15.7. The molecule has 66 heavy (non-hydrogen) atoms. The summed E-state index contributed by atoms with van der Waals surface area (Å²) in [4.78, 5) is 2.45. The smallest absolute Gasteiger partial charge is 0.0640 e. The zero-order valence-corrected chi connectivity index (χ0v) is 36.8. The van der Waals surface area contributed by atoms with E-state index in [0.29, 0.717) is 0 Å². The summed E-state index contributed by atoms with van der Waals surface area (Å²) in [5, 5.41) is 12.6. The normalized spacial score (nSPS) is 11.6. The van der Waals surface area contributed by atoms with Crippen molar-refractivity contribution in [3.05, 3.63) is 249 Å². The summed E-state index contributed by atoms with van der Waals surface area (Å²) in [5.41, 5.74) is 13.1. The van der Waals surface area contributed by atoms with Gasteiger partial charge in [0.2, 0.25) is 0 Å². The van der Waals surface area contributed by atoms with Crippen molar-refractivity contribution in [3.63, 3.8) is 0 Å². The molecule has 12 aromatic carbocycles. The Hall–Kier alpha value is -8.30. The lowest BCUT2D eigenvalue weighted by Gasteiger charge is -2.26. The lowest BCUT2D eigenvalue weighted by Crippen LogP contribution is -2.10. The van der Waals surface area contributed by atoms with Gasteiger partial charge in [-0.2, -0.15) is 0 Å². The molecule has 0 bridgehead atoms. The largest absolute Gasteiger partial charge is 0.309 e. The summed E-state index contributed by atoms with van der Waals surface area (Å²) < 4.78 is 2.58. The number of hydrogen-bond donors (Lipinski definition) is 0. The van der Waals surface area contributed by atoms with Crippen molar-refractivity contribution in [2.24, 2.45) is 0 Å². The van der Waals surface area contributed by atoms with Crippen LogP contribution in [0.1, 0.15) is 0 Å². The van der Waals surface area contributed by atoms with Gasteiger partial charge >= 0.3 is 0 Å². The standard InChI is InChI=1S/C64H41NS/c1-2-13-46(14-3-1)60-41-55-17-8-9-18-58(55)62-59-19-10-20-61(63(59)66-64(60)62)65(56-33-29-44(30-34-56)49-23-21-42-11-4-6-15-47(42)37-49)57-35-31-45(32-36-57)50-25-26-53-40-54(28-27-52(53)39-50)51-24-22-43-12-5-7-16-48(43)38-51/h1-41H. The molecule has 2 heteroatoms. The van der Waals surface area contributed by atoms with Crippen molar-refractivity contribution in [3.8, 4) is 44.5 Å². The molecule has 13 rings (SSSR count). The number of thiophene rings is 1. The van der Waals surface area contributed by atoms with Crippen LogP contribution in [0.2, 0.25) is 0 Å². The average molecular weight is 856 g/mol. The van der Waals surface area contributed by atoms with Gasteiger partial charge in [0.05, 0.1) is 10.4 Å². The van der Waals surface area contributed by atoms with Crippen molar-refractivity contribution >= 4 is 91.7 Å². The van der Waals surface area contributed by atoms with Gasteiger partial charge in [0.15, 0.2) is 0 Å². The SMILES string of the molecule is c1ccc(-c2cc3ccccc3c3c2sc2c(N(c4ccc(-c5ccc6ccccc6c5)cc4)c4ccc(-c5ccc6cc(-c7ccc8ccccc8c7)ccc6c5)cc4)cccc23)cc1. The van der Waals surface area contributed by atoms with E-state index in [0.717, 1.165) is 17.1 Å². The third kappa shape index (κ3) is 6.62. The second-order valence-corrected chi connectivity index (χ2v) is 18.3. The fraction of sp³-hybridized carbons (Fsp3) is 0. The summed E-state index contributed by atoms with van der Waals surface area (Å²) in [6.07, 6.45) is 0. The van der Waals surface area contributed by atoms with Crippen molar-refractivity contribution in [2.45, 2.75) is 0 Å². The Bertz CT molecular complexity index is 3980. The van der Waals surface area contributed by atoms with Crippen molar-refractivity contribution < 1.29 is 0 Å². The van der Waals surface area contributed by atoms with Gasteiger partial charge in [0, 0.05) is 32.4 Å². The van der Waals surface area contributed by atoms with Gasteiger partial charge in [-0.15, -0.1) is 11.3 Å². The Morgan fingerprint density at radius 2 is 0.682 bits per heavy atom. The first kappa shape index (κ1) is 38.2. The van der Waals surface area contributed by atoms with E-state index in [2.05, 4.69) is 254 Å². The van der Waals surface area contributed by atoms with E-state index in [-0.39, 0.29) is 0 Å². The van der Waals surface area contributed by atoms with Gasteiger partial charge in [-0.25, -0.2) is 0 Å². The van der Waals surface area contributed by atoms with E-state index in [1.54, 1.807) is 0 Å². The minimum absolute atomic E-state index is 1.11. The predicted molar refractivity (Wildman–Crippen MR) is 286 cm³/mol. The monoisotopic (exact) mass is 855 g/mol. The van der Waals surface area contributed by atoms with Crippen molar-refractivity contribution in [2.75, 3.05) is 4.90 Å². The number of benzene rings is 12. The molecule has 0 saturated carbocycles. The highest BCUT2D eigenvalue weighted by molar-refractivity contribution is 7.27. The van der Waals surface area contributed by atoms with Crippen LogP contribution in [0.15, 0.2) is 249 Å². The molecule has 308 valence electrons. The molecule has 1 aromatic heterocycles. The van der Waals surface area contributed by atoms with E-state index in [1.165, 1.54) is 108 Å². The molecule has 0 aliphatic carbocycles. The van der Waals surface area contributed by atoms with E-state index in [9.17, 15) is 0 Å². The van der Waals surface area contributed by atoms with E-state index < -0.39 is 0 Å². The highest BCUT2D eigenvalue weighted by atomic mass is 32.1. The summed E-state index contributed by atoms with van der Waals surface area (Å²) in [5.74, 6) is 0. The zero-order valence-electron chi connectivity index (χ0n) is 36.0. The second-order valence-electron chi connectivity index (χ2n) is 17.3. The molecular weight excluding hydrogens is 815 g/mol. The fourth-order valence-corrected chi connectivity index (χ4v) is 11.4. The maximum Gasteiger partial charge on any atom is 0.0640 e. The Balaban J connectivity index is 0.925. The molecule has 0 atom stereocenters. The maximum absolute atomic E-state index is 2.45. The average Bonchev–Trinajstić information content (AvgIpc) is 3.79. The first-order valence-electron chi connectivity index (χ1n) is 22.6. The molecule has 1 heterocycles. The molecule has 0 spiro atoms. The predicted octanol–water partition coefficient (Wildman–Crippen LogP) is 18.8. The molecule has 0 radical (unpaired) electrons. The zero-order chi connectivity index (χ0) is 43.6. The minimum atomic E-state index is 1.11. The van der Waals surface area contributed by atoms with Crippen molar-refractivity contribution in [1.29, 1.82) is 0 Å². The Labute approximate surface area is 387 Å². The maximum atomic E-state index is 2.45. The van der Waals surface area contributed by atoms with Gasteiger partial charge in [-0.1, -0.05) is 188 Å². The lowest BCUT2D eigenvalue weighted by molar-refractivity contribution is 1.30. The number of anilines is 3. The highest BCUT2D eigenvalue weighted by Crippen LogP contribution is 2.49. The van der Waals surface area contributed by atoms with Crippen LogP contribution < -0.4 is 4.90 Å². The van der Waals surface area contributed by atoms with Crippen LogP contribution in [0.25, 0.3) is 108 Å². The van der Waals surface area contributed by atoms with Crippen LogP contribution >= 0.6 is 11.3 Å². The minimum Gasteiger partial charge on any atom is -0.309 e. The molecule has 0 aliphatic heterocycles. The van der Waals surface area contributed by atoms with Gasteiger partial charge < -0.3 is 4.90 Å². The molecule has 0 amide bonds. The van der Waals surface area contributed by atoms with Crippen LogP contribution in [-0.2, 0) is 0 Å². The molecule has 0 fully saturated rings. The molecule has 0 saturated heterocycles. The van der Waals surface area contributed by atoms with Crippen molar-refractivity contribution in [1.82, 2.24) is 0 Å². The number of hydrogen-bond acceptors (Lipinski definition) is 2. The molecule has 0 aliphatic rings. The van der Waals surface area contributed by atoms with Gasteiger partial charge in [-0.3, -0.25) is 0 Å². The number of rotatable bonds is 7. The summed E-state index contributed by atoms with van der Waals surface area (Å²) >= 11 is 1.90. The van der Waals surface area contributed by atoms with E-state index in [1.807, 2.05) is 11.3 Å². The lowest BCUT2D eigenvalue weighted by atomic mass is 9.96. The summed E-state index contributed by atoms with van der Waals surface area (Å²) in [6.45, 7) is 0. The van der Waals surface area contributed by atoms with E-state index >= 15 is 0 Å². The van der Waals surface area contributed by atoms with Gasteiger partial charge in [0.1, 0.15) is 0 Å². The molecular formula is C64H41NS. The Morgan fingerprint density at radius 3 is 1.24 bits per heavy atom. The summed E-state index contributed by atoms with van der Waals surface area (Å²) in [7, 11) is 0. The van der Waals surface area contributed by atoms with Crippen LogP contribution in [-0.4, -0.2) is 0 Å². The topological polar surface area (TPSA) is 3.24 Å². The van der Waals surface area contributed by atoms with Crippen LogP contribution in [0.5, 0.6) is 0 Å². The first-order valence-corrected chi connectivity index (χ1v) is 23.5. The summed E-state index contributed by atoms with van der Waals surface area (Å²) in [6, 6.07) is 91.5. The first-order chi connectivity index (χ1) is 32.7. The third-order valence-electron chi connectivity index (χ3n) is 13.4. The number of fused-ring (bicyclic) bond motifs is 8. The fourth-order valence-electron chi connectivity index (χ4n) is 10.0. The molecule has 0 unspecified atom stereocenters. The number of nitrogens with zero attached hydrogens (tertiary/aromatic N) is 1. The quantitative estimate of drug-likeness (QED) is 0.154. The molecule has 13 aromatic rings. The Kier molecular flexibility index (Phi) is 9.11.